The Labute approximate surface area is 153 Å². The Morgan fingerprint density at radius 1 is 1.08 bits per heavy atom. The minimum absolute atomic E-state index is 0.101. The third-order valence-electron chi connectivity index (χ3n) is 5.65. The molecule has 2 fully saturated rings. The number of hydrogen-bond donors (Lipinski definition) is 1. The van der Waals surface area contributed by atoms with Gasteiger partial charge in [-0.3, -0.25) is 5.32 Å². The van der Waals surface area contributed by atoms with E-state index >= 15 is 0 Å². The maximum atomic E-state index is 14.4. The summed E-state index contributed by atoms with van der Waals surface area (Å²) in [4.78, 5) is 14.8. The molecule has 2 bridgehead atoms. The molecular weight excluding hydrogens is 331 g/mol. The molecule has 1 amide bonds. The molecule has 2 aliphatic heterocycles. The fourth-order valence-corrected chi connectivity index (χ4v) is 4.25. The van der Waals surface area contributed by atoms with Gasteiger partial charge < -0.3 is 9.64 Å². The molecular formula is C21H23FN2O2. The molecule has 136 valence electrons. The maximum absolute atomic E-state index is 14.4. The van der Waals surface area contributed by atoms with Crippen molar-refractivity contribution in [1.82, 2.24) is 4.90 Å². The molecule has 2 atom stereocenters. The van der Waals surface area contributed by atoms with Gasteiger partial charge in [-0.05, 0) is 31.5 Å². The van der Waals surface area contributed by atoms with Gasteiger partial charge in [-0.2, -0.15) is 0 Å². The standard InChI is InChI=1S/C21H23FN2O2/c1-24-15-10-11-16(24)13-17(12-15)26-21(25)23-20-18(8-5-9-19(20)22)14-6-3-2-4-7-14/h2-9,15-17H,10-13H2,1H3,(H,23,25). The molecule has 2 aliphatic rings. The number of nitrogens with one attached hydrogen (secondary N) is 1. The third kappa shape index (κ3) is 3.31. The molecule has 0 aromatic heterocycles. The number of amides is 1. The predicted octanol–water partition coefficient (Wildman–Crippen LogP) is 4.67. The highest BCUT2D eigenvalue weighted by Crippen LogP contribution is 2.36. The second kappa shape index (κ2) is 7.08. The average Bonchev–Trinajstić information content (AvgIpc) is 2.85. The van der Waals surface area contributed by atoms with Crippen molar-refractivity contribution in [1.29, 1.82) is 0 Å². The summed E-state index contributed by atoms with van der Waals surface area (Å²) >= 11 is 0. The zero-order valence-electron chi connectivity index (χ0n) is 14.8. The summed E-state index contributed by atoms with van der Waals surface area (Å²) in [5, 5.41) is 2.64. The number of anilines is 1. The van der Waals surface area contributed by atoms with Crippen LogP contribution in [0.4, 0.5) is 14.9 Å². The second-order valence-electron chi connectivity index (χ2n) is 7.20. The number of carbonyl (C=O) groups excluding carboxylic acids is 1. The van der Waals surface area contributed by atoms with Crippen LogP contribution in [0, 0.1) is 5.82 Å². The fourth-order valence-electron chi connectivity index (χ4n) is 4.25. The smallest absolute Gasteiger partial charge is 0.412 e. The lowest BCUT2D eigenvalue weighted by Crippen LogP contribution is -2.43. The van der Waals surface area contributed by atoms with Crippen LogP contribution in [0.3, 0.4) is 0 Å². The Kier molecular flexibility index (Phi) is 4.64. The molecule has 2 aromatic rings. The molecule has 0 spiro atoms. The van der Waals surface area contributed by atoms with E-state index in [4.69, 9.17) is 4.74 Å². The van der Waals surface area contributed by atoms with Crippen LogP contribution < -0.4 is 5.32 Å². The first-order valence-electron chi connectivity index (χ1n) is 9.15. The van der Waals surface area contributed by atoms with E-state index in [-0.39, 0.29) is 11.8 Å². The fraction of sp³-hybridized carbons (Fsp3) is 0.381. The number of piperidine rings is 1. The monoisotopic (exact) mass is 354 g/mol. The molecule has 0 radical (unpaired) electrons. The van der Waals surface area contributed by atoms with Gasteiger partial charge in [0.1, 0.15) is 11.9 Å². The number of rotatable bonds is 3. The Bertz CT molecular complexity index is 782. The van der Waals surface area contributed by atoms with Crippen molar-refractivity contribution in [2.45, 2.75) is 43.9 Å². The molecule has 4 nitrogen and oxygen atoms in total. The van der Waals surface area contributed by atoms with Crippen molar-refractivity contribution in [2.75, 3.05) is 12.4 Å². The normalized spacial score (nSPS) is 25.1. The molecule has 2 unspecified atom stereocenters. The van der Waals surface area contributed by atoms with Crippen LogP contribution in [0.15, 0.2) is 48.5 Å². The van der Waals surface area contributed by atoms with Crippen LogP contribution in [-0.4, -0.2) is 36.2 Å². The second-order valence-corrected chi connectivity index (χ2v) is 7.20. The highest BCUT2D eigenvalue weighted by Gasteiger charge is 2.39. The van der Waals surface area contributed by atoms with Crippen molar-refractivity contribution in [3.63, 3.8) is 0 Å². The van der Waals surface area contributed by atoms with Gasteiger partial charge in [0.25, 0.3) is 0 Å². The first-order valence-corrected chi connectivity index (χ1v) is 9.15. The number of halogens is 1. The third-order valence-corrected chi connectivity index (χ3v) is 5.65. The summed E-state index contributed by atoms with van der Waals surface area (Å²) in [6.07, 6.45) is 3.34. The van der Waals surface area contributed by atoms with Crippen molar-refractivity contribution in [3.8, 4) is 11.1 Å². The number of fused-ring (bicyclic) bond motifs is 2. The quantitative estimate of drug-likeness (QED) is 0.871. The van der Waals surface area contributed by atoms with E-state index in [1.807, 2.05) is 30.3 Å². The average molecular weight is 354 g/mol. The lowest BCUT2D eigenvalue weighted by Gasteiger charge is -2.35. The summed E-state index contributed by atoms with van der Waals surface area (Å²) in [5.74, 6) is -0.466. The summed E-state index contributed by atoms with van der Waals surface area (Å²) in [6, 6.07) is 15.2. The molecule has 2 aromatic carbocycles. The first-order chi connectivity index (χ1) is 12.6. The largest absolute Gasteiger partial charge is 0.446 e. The van der Waals surface area contributed by atoms with Gasteiger partial charge in [0.05, 0.1) is 5.69 Å². The molecule has 4 rings (SSSR count). The lowest BCUT2D eigenvalue weighted by molar-refractivity contribution is 0.0348. The molecule has 2 heterocycles. The van der Waals surface area contributed by atoms with Crippen LogP contribution in [-0.2, 0) is 4.74 Å². The number of ether oxygens (including phenoxy) is 1. The molecule has 5 heteroatoms. The van der Waals surface area contributed by atoms with E-state index in [9.17, 15) is 9.18 Å². The number of nitrogens with zero attached hydrogens (tertiary/aromatic N) is 1. The van der Waals surface area contributed by atoms with Crippen LogP contribution in [0.25, 0.3) is 11.1 Å². The van der Waals surface area contributed by atoms with Crippen molar-refractivity contribution >= 4 is 11.8 Å². The summed E-state index contributed by atoms with van der Waals surface area (Å²) < 4.78 is 20.0. The summed E-state index contributed by atoms with van der Waals surface area (Å²) in [7, 11) is 2.14. The number of carbonyl (C=O) groups is 1. The molecule has 0 aliphatic carbocycles. The van der Waals surface area contributed by atoms with E-state index < -0.39 is 11.9 Å². The van der Waals surface area contributed by atoms with Crippen LogP contribution >= 0.6 is 0 Å². The van der Waals surface area contributed by atoms with E-state index in [2.05, 4.69) is 17.3 Å². The van der Waals surface area contributed by atoms with Crippen LogP contribution in [0.2, 0.25) is 0 Å². The molecule has 1 N–H and O–H groups in total. The SMILES string of the molecule is CN1C2CCC1CC(OC(=O)Nc1c(F)cccc1-c1ccccc1)C2. The van der Waals surface area contributed by atoms with Gasteiger partial charge in [0.2, 0.25) is 0 Å². The van der Waals surface area contributed by atoms with Gasteiger partial charge >= 0.3 is 6.09 Å². The predicted molar refractivity (Wildman–Crippen MR) is 99.5 cm³/mol. The summed E-state index contributed by atoms with van der Waals surface area (Å²) in [6.45, 7) is 0. The van der Waals surface area contributed by atoms with Crippen molar-refractivity contribution < 1.29 is 13.9 Å². The van der Waals surface area contributed by atoms with E-state index in [0.29, 0.717) is 17.6 Å². The minimum Gasteiger partial charge on any atom is -0.446 e. The Morgan fingerprint density at radius 2 is 1.77 bits per heavy atom. The van der Waals surface area contributed by atoms with Crippen LogP contribution in [0.5, 0.6) is 0 Å². The number of para-hydroxylation sites is 1. The zero-order valence-corrected chi connectivity index (χ0v) is 14.8. The molecule has 0 saturated carbocycles. The Balaban J connectivity index is 1.48. The van der Waals surface area contributed by atoms with Gasteiger partial charge in [-0.15, -0.1) is 0 Å². The number of benzene rings is 2. The highest BCUT2D eigenvalue weighted by atomic mass is 19.1. The Hall–Kier alpha value is -2.40. The van der Waals surface area contributed by atoms with E-state index in [0.717, 1.165) is 31.2 Å². The van der Waals surface area contributed by atoms with Crippen molar-refractivity contribution in [2.24, 2.45) is 0 Å². The van der Waals surface area contributed by atoms with Gasteiger partial charge in [0.15, 0.2) is 0 Å². The topological polar surface area (TPSA) is 41.6 Å². The van der Waals surface area contributed by atoms with Gasteiger partial charge in [0, 0.05) is 30.5 Å². The van der Waals surface area contributed by atoms with E-state index in [1.165, 1.54) is 6.07 Å². The summed E-state index contributed by atoms with van der Waals surface area (Å²) in [5.41, 5.74) is 1.66. The lowest BCUT2D eigenvalue weighted by atomic mass is 10.0. The van der Waals surface area contributed by atoms with Gasteiger partial charge in [-0.1, -0.05) is 42.5 Å². The van der Waals surface area contributed by atoms with Gasteiger partial charge in [-0.25, -0.2) is 9.18 Å². The Morgan fingerprint density at radius 3 is 2.46 bits per heavy atom. The molecule has 26 heavy (non-hydrogen) atoms. The minimum atomic E-state index is -0.582. The first kappa shape index (κ1) is 17.0. The zero-order chi connectivity index (χ0) is 18.1. The maximum Gasteiger partial charge on any atom is 0.412 e. The highest BCUT2D eigenvalue weighted by molar-refractivity contribution is 5.91. The number of hydrogen-bond acceptors (Lipinski definition) is 3. The van der Waals surface area contributed by atoms with Crippen molar-refractivity contribution in [3.05, 3.63) is 54.3 Å². The molecule has 2 saturated heterocycles. The van der Waals surface area contributed by atoms with E-state index in [1.54, 1.807) is 12.1 Å². The van der Waals surface area contributed by atoms with Crippen LogP contribution in [0.1, 0.15) is 25.7 Å².